The van der Waals surface area contributed by atoms with E-state index in [0.29, 0.717) is 30.3 Å². The Morgan fingerprint density at radius 3 is 2.25 bits per heavy atom. The largest absolute Gasteiger partial charge is 0.445 e. The number of aliphatic hydroxyl groups is 1. The molecule has 48 heavy (non-hydrogen) atoms. The molecule has 0 fully saturated rings. The third-order valence-electron chi connectivity index (χ3n) is 7.49. The number of carbonyl (C=O) groups is 2. The average molecular weight is 673 g/mol. The summed E-state index contributed by atoms with van der Waals surface area (Å²) in [6.45, 7) is 4.67. The maximum atomic E-state index is 14.1. The van der Waals surface area contributed by atoms with Gasteiger partial charge in [0.15, 0.2) is 0 Å². The van der Waals surface area contributed by atoms with Crippen LogP contribution in [-0.2, 0) is 19.1 Å². The summed E-state index contributed by atoms with van der Waals surface area (Å²) in [5.41, 5.74) is 0.250. The first-order chi connectivity index (χ1) is 22.9. The molecule has 8 nitrogen and oxygen atoms in total. The Bertz CT molecular complexity index is 1650. The van der Waals surface area contributed by atoms with Crippen molar-refractivity contribution in [3.05, 3.63) is 113 Å². The number of aliphatic hydroxyl groups excluding tert-OH is 1. The quantitative estimate of drug-likeness (QED) is 0.126. The normalized spacial score (nSPS) is 12.8. The minimum Gasteiger partial charge on any atom is -0.445 e. The molecule has 13 heteroatoms. The van der Waals surface area contributed by atoms with Crippen LogP contribution in [0.2, 0.25) is 0 Å². The van der Waals surface area contributed by atoms with Crippen molar-refractivity contribution in [2.75, 3.05) is 19.6 Å². The number of carbonyl (C=O) groups excluding carboxylic acids is 2. The zero-order valence-corrected chi connectivity index (χ0v) is 26.5. The Morgan fingerprint density at radius 1 is 0.938 bits per heavy atom. The molecule has 0 aliphatic heterocycles. The number of oxazole rings is 1. The molecule has 2 amide bonds. The van der Waals surface area contributed by atoms with Gasteiger partial charge in [-0.15, -0.1) is 0 Å². The van der Waals surface area contributed by atoms with Crippen molar-refractivity contribution in [3.8, 4) is 11.5 Å². The number of amides is 2. The van der Waals surface area contributed by atoms with E-state index in [4.69, 9.17) is 4.42 Å². The third-order valence-corrected chi connectivity index (χ3v) is 7.49. The van der Waals surface area contributed by atoms with E-state index in [1.165, 1.54) is 36.7 Å². The van der Waals surface area contributed by atoms with Crippen LogP contribution in [-0.4, -0.2) is 58.6 Å². The summed E-state index contributed by atoms with van der Waals surface area (Å²) in [7, 11) is 0. The minimum atomic E-state index is -4.52. The molecule has 0 saturated heterocycles. The molecule has 0 unspecified atom stereocenters. The number of nitrogens with one attached hydrogen (secondary N) is 2. The highest BCUT2D eigenvalue weighted by atomic mass is 19.4. The number of alkyl halides is 3. The average Bonchev–Trinajstić information content (AvgIpc) is 3.58. The number of hydrogen-bond acceptors (Lipinski definition) is 6. The molecule has 1 aromatic heterocycles. The summed E-state index contributed by atoms with van der Waals surface area (Å²) in [5, 5.41) is 16.8. The van der Waals surface area contributed by atoms with Gasteiger partial charge < -0.3 is 25.1 Å². The van der Waals surface area contributed by atoms with E-state index in [1.54, 1.807) is 11.0 Å². The number of aromatic nitrogens is 1. The fraction of sp³-hybridized carbons (Fsp3) is 0.343. The van der Waals surface area contributed by atoms with E-state index in [-0.39, 0.29) is 48.0 Å². The first-order valence-electron chi connectivity index (χ1n) is 15.5. The highest BCUT2D eigenvalue weighted by Crippen LogP contribution is 2.29. The molecule has 0 aliphatic carbocycles. The van der Waals surface area contributed by atoms with E-state index in [2.05, 4.69) is 15.6 Å². The lowest BCUT2D eigenvalue weighted by atomic mass is 9.99. The standard InChI is InChI=1S/C35H37F5N4O4/c1-3-9-44(10-4-2)34(47)26-17-24(16-25(18-26)33-42-8-11-48-33)32(46)43-30(15-23-13-28(36)19-29(37)14-23)31(45)21-41-20-22-6-5-7-27(12-22)35(38,39)40/h5-8,11-14,16-19,30-31,41,45H,3-4,9-10,15,20-21H2,1-2H3,(H,43,46)/t30-,31+/m0/s1. The highest BCUT2D eigenvalue weighted by molar-refractivity contribution is 6.01. The van der Waals surface area contributed by atoms with Gasteiger partial charge in [0, 0.05) is 48.9 Å². The summed E-state index contributed by atoms with van der Waals surface area (Å²) < 4.78 is 73.0. The van der Waals surface area contributed by atoms with Gasteiger partial charge in [-0.3, -0.25) is 9.59 Å². The maximum absolute atomic E-state index is 14.1. The molecule has 0 aliphatic rings. The summed E-state index contributed by atoms with van der Waals surface area (Å²) in [6.07, 6.45) is -1.86. The predicted molar refractivity (Wildman–Crippen MR) is 169 cm³/mol. The van der Waals surface area contributed by atoms with Gasteiger partial charge in [0.1, 0.15) is 17.9 Å². The monoisotopic (exact) mass is 672 g/mol. The lowest BCUT2D eigenvalue weighted by Gasteiger charge is -2.25. The van der Waals surface area contributed by atoms with Crippen LogP contribution in [0.25, 0.3) is 11.5 Å². The van der Waals surface area contributed by atoms with Crippen LogP contribution in [0.15, 0.2) is 77.5 Å². The topological polar surface area (TPSA) is 108 Å². The van der Waals surface area contributed by atoms with Gasteiger partial charge in [0.25, 0.3) is 11.8 Å². The van der Waals surface area contributed by atoms with Gasteiger partial charge in [0.05, 0.1) is 23.9 Å². The van der Waals surface area contributed by atoms with Gasteiger partial charge in [-0.05, 0) is 66.8 Å². The van der Waals surface area contributed by atoms with Crippen molar-refractivity contribution in [1.29, 1.82) is 0 Å². The second-order valence-corrected chi connectivity index (χ2v) is 11.4. The van der Waals surface area contributed by atoms with Crippen molar-refractivity contribution in [2.45, 2.75) is 58.0 Å². The summed E-state index contributed by atoms with van der Waals surface area (Å²) in [6, 6.07) is 10.9. The lowest BCUT2D eigenvalue weighted by Crippen LogP contribution is -2.48. The highest BCUT2D eigenvalue weighted by Gasteiger charge is 2.30. The first kappa shape index (κ1) is 36.2. The molecule has 2 atom stereocenters. The van der Waals surface area contributed by atoms with Crippen LogP contribution in [0.1, 0.15) is 64.1 Å². The maximum Gasteiger partial charge on any atom is 0.416 e. The fourth-order valence-electron chi connectivity index (χ4n) is 5.29. The third kappa shape index (κ3) is 9.94. The molecule has 4 aromatic rings. The molecular formula is C35H37F5N4O4. The van der Waals surface area contributed by atoms with Gasteiger partial charge in [-0.25, -0.2) is 13.8 Å². The molecule has 3 aromatic carbocycles. The van der Waals surface area contributed by atoms with E-state index >= 15 is 0 Å². The summed E-state index contributed by atoms with van der Waals surface area (Å²) in [4.78, 5) is 33.1. The fourth-order valence-corrected chi connectivity index (χ4v) is 5.29. The van der Waals surface area contributed by atoms with Gasteiger partial charge >= 0.3 is 6.18 Å². The molecule has 0 saturated carbocycles. The molecule has 1 heterocycles. The Kier molecular flexibility index (Phi) is 12.4. The van der Waals surface area contributed by atoms with Crippen LogP contribution >= 0.6 is 0 Å². The summed E-state index contributed by atoms with van der Waals surface area (Å²) in [5.74, 6) is -2.53. The van der Waals surface area contributed by atoms with Crippen molar-refractivity contribution >= 4 is 11.8 Å². The predicted octanol–water partition coefficient (Wildman–Crippen LogP) is 6.39. The number of benzene rings is 3. The molecule has 0 spiro atoms. The van der Waals surface area contributed by atoms with Crippen LogP contribution < -0.4 is 10.6 Å². The molecule has 4 rings (SSSR count). The second-order valence-electron chi connectivity index (χ2n) is 11.4. The first-order valence-corrected chi connectivity index (χ1v) is 15.5. The van der Waals surface area contributed by atoms with E-state index < -0.39 is 41.4 Å². The molecule has 0 bridgehead atoms. The van der Waals surface area contributed by atoms with Crippen molar-refractivity contribution < 1.29 is 41.1 Å². The van der Waals surface area contributed by atoms with Crippen LogP contribution in [0.5, 0.6) is 0 Å². The van der Waals surface area contributed by atoms with E-state index in [0.717, 1.165) is 37.1 Å². The lowest BCUT2D eigenvalue weighted by molar-refractivity contribution is -0.137. The number of hydrogen-bond donors (Lipinski definition) is 3. The minimum absolute atomic E-state index is 0.0358. The smallest absolute Gasteiger partial charge is 0.416 e. The van der Waals surface area contributed by atoms with Gasteiger partial charge in [0.2, 0.25) is 5.89 Å². The van der Waals surface area contributed by atoms with Crippen LogP contribution in [0, 0.1) is 11.6 Å². The van der Waals surface area contributed by atoms with Crippen molar-refractivity contribution in [1.82, 2.24) is 20.5 Å². The number of nitrogens with zero attached hydrogens (tertiary/aromatic N) is 2. The second kappa shape index (κ2) is 16.5. The molecule has 256 valence electrons. The SMILES string of the molecule is CCCN(CCC)C(=O)c1cc(C(=O)N[C@@H](Cc2cc(F)cc(F)c2)[C@H](O)CNCc2cccc(C(F)(F)F)c2)cc(-c2ncco2)c1. The molecular weight excluding hydrogens is 635 g/mol. The van der Waals surface area contributed by atoms with Gasteiger partial charge in [-0.1, -0.05) is 32.0 Å². The zero-order valence-electron chi connectivity index (χ0n) is 26.5. The van der Waals surface area contributed by atoms with Crippen LogP contribution in [0.4, 0.5) is 22.0 Å². The Hall–Kier alpha value is -4.62. The Morgan fingerprint density at radius 2 is 1.62 bits per heavy atom. The zero-order chi connectivity index (χ0) is 34.8. The number of halogens is 5. The van der Waals surface area contributed by atoms with Crippen molar-refractivity contribution in [3.63, 3.8) is 0 Å². The van der Waals surface area contributed by atoms with E-state index in [1.807, 2.05) is 13.8 Å². The van der Waals surface area contributed by atoms with E-state index in [9.17, 15) is 36.6 Å². The summed E-state index contributed by atoms with van der Waals surface area (Å²) >= 11 is 0. The molecule has 3 N–H and O–H groups in total. The number of rotatable bonds is 15. The Balaban J connectivity index is 1.60. The van der Waals surface area contributed by atoms with Crippen molar-refractivity contribution in [2.24, 2.45) is 0 Å². The molecule has 0 radical (unpaired) electrons. The van der Waals surface area contributed by atoms with Crippen LogP contribution in [0.3, 0.4) is 0 Å². The Labute approximate surface area is 275 Å². The van der Waals surface area contributed by atoms with Gasteiger partial charge in [-0.2, -0.15) is 13.2 Å².